The number of hydrogen-bond donors (Lipinski definition) is 2. The number of aromatic nitrogens is 2. The van der Waals surface area contributed by atoms with Crippen LogP contribution in [-0.2, 0) is 0 Å². The molecule has 1 N–H and O–H groups in total. The SMILES string of the molecule is CNc1ncncc1/C(=C(\S)c1ccccc1)c1ccccc1. The fourth-order valence-corrected chi connectivity index (χ4v) is 2.88. The van der Waals surface area contributed by atoms with Crippen LogP contribution in [0.1, 0.15) is 16.7 Å². The van der Waals surface area contributed by atoms with Crippen LogP contribution in [-0.4, -0.2) is 17.0 Å². The number of benzene rings is 2. The highest BCUT2D eigenvalue weighted by molar-refractivity contribution is 7.90. The summed E-state index contributed by atoms with van der Waals surface area (Å²) in [5.41, 5.74) is 4.06. The quantitative estimate of drug-likeness (QED) is 0.554. The highest BCUT2D eigenvalue weighted by Crippen LogP contribution is 2.36. The molecule has 0 unspecified atom stereocenters. The topological polar surface area (TPSA) is 37.8 Å². The van der Waals surface area contributed by atoms with Gasteiger partial charge in [-0.15, -0.1) is 12.6 Å². The Morgan fingerprint density at radius 3 is 2.13 bits per heavy atom. The predicted molar refractivity (Wildman–Crippen MR) is 99.4 cm³/mol. The van der Waals surface area contributed by atoms with Gasteiger partial charge in [0.2, 0.25) is 0 Å². The standard InChI is InChI=1S/C19H17N3S/c1-20-19-16(12-21-13-22-19)17(14-8-4-2-5-9-14)18(23)15-10-6-3-7-11-15/h2-13,23H,1H3,(H,20,21,22)/b18-17-. The van der Waals surface area contributed by atoms with E-state index in [0.717, 1.165) is 33.0 Å². The number of thiol groups is 1. The highest BCUT2D eigenvalue weighted by Gasteiger charge is 2.15. The summed E-state index contributed by atoms with van der Waals surface area (Å²) in [5.74, 6) is 0.779. The van der Waals surface area contributed by atoms with Gasteiger partial charge < -0.3 is 5.32 Å². The Hall–Kier alpha value is -2.59. The first-order chi connectivity index (χ1) is 11.3. The van der Waals surface area contributed by atoms with Gasteiger partial charge >= 0.3 is 0 Å². The van der Waals surface area contributed by atoms with Crippen molar-refractivity contribution >= 4 is 28.9 Å². The summed E-state index contributed by atoms with van der Waals surface area (Å²) in [4.78, 5) is 9.42. The summed E-state index contributed by atoms with van der Waals surface area (Å²) in [6.45, 7) is 0. The average molecular weight is 319 g/mol. The molecule has 1 heterocycles. The summed E-state index contributed by atoms with van der Waals surface area (Å²) in [5, 5.41) is 3.13. The maximum absolute atomic E-state index is 4.82. The molecule has 3 aromatic rings. The van der Waals surface area contributed by atoms with Crippen molar-refractivity contribution in [3.8, 4) is 0 Å². The Bertz CT molecular complexity index is 814. The molecule has 0 saturated carbocycles. The maximum Gasteiger partial charge on any atom is 0.137 e. The van der Waals surface area contributed by atoms with Crippen LogP contribution in [0.15, 0.2) is 73.2 Å². The Balaban J connectivity index is 2.28. The molecule has 1 aromatic heterocycles. The summed E-state index contributed by atoms with van der Waals surface area (Å²) >= 11 is 4.82. The van der Waals surface area contributed by atoms with E-state index in [4.69, 9.17) is 12.6 Å². The van der Waals surface area contributed by atoms with Crippen molar-refractivity contribution in [1.29, 1.82) is 0 Å². The molecule has 3 rings (SSSR count). The number of hydrogen-bond acceptors (Lipinski definition) is 4. The van der Waals surface area contributed by atoms with Crippen LogP contribution in [0.5, 0.6) is 0 Å². The van der Waals surface area contributed by atoms with Gasteiger partial charge in [-0.25, -0.2) is 9.97 Å². The van der Waals surface area contributed by atoms with E-state index in [1.807, 2.05) is 61.8 Å². The van der Waals surface area contributed by atoms with E-state index in [2.05, 4.69) is 27.4 Å². The third kappa shape index (κ3) is 3.27. The minimum atomic E-state index is 0.779. The van der Waals surface area contributed by atoms with Crippen molar-refractivity contribution in [2.75, 3.05) is 12.4 Å². The monoisotopic (exact) mass is 319 g/mol. The fourth-order valence-electron chi connectivity index (χ4n) is 2.48. The van der Waals surface area contributed by atoms with Gasteiger partial charge in [-0.2, -0.15) is 0 Å². The van der Waals surface area contributed by atoms with Crippen molar-refractivity contribution in [3.63, 3.8) is 0 Å². The van der Waals surface area contributed by atoms with Crippen LogP contribution in [0.25, 0.3) is 10.5 Å². The lowest BCUT2D eigenvalue weighted by Crippen LogP contribution is -2.01. The second-order valence-electron chi connectivity index (χ2n) is 4.99. The molecule has 0 radical (unpaired) electrons. The third-order valence-electron chi connectivity index (χ3n) is 3.56. The van der Waals surface area contributed by atoms with E-state index in [0.29, 0.717) is 0 Å². The first-order valence-corrected chi connectivity index (χ1v) is 7.78. The number of rotatable bonds is 4. The zero-order valence-electron chi connectivity index (χ0n) is 12.8. The van der Waals surface area contributed by atoms with Gasteiger partial charge in [0.15, 0.2) is 0 Å². The Morgan fingerprint density at radius 2 is 1.52 bits per heavy atom. The minimum Gasteiger partial charge on any atom is -0.373 e. The van der Waals surface area contributed by atoms with E-state index < -0.39 is 0 Å². The summed E-state index contributed by atoms with van der Waals surface area (Å²) < 4.78 is 0. The van der Waals surface area contributed by atoms with E-state index in [1.54, 1.807) is 6.33 Å². The molecule has 3 nitrogen and oxygen atoms in total. The molecule has 0 atom stereocenters. The molecule has 0 spiro atoms. The van der Waals surface area contributed by atoms with Gasteiger partial charge in [-0.05, 0) is 11.1 Å². The Morgan fingerprint density at radius 1 is 0.913 bits per heavy atom. The summed E-state index contributed by atoms with van der Waals surface area (Å²) in [7, 11) is 1.86. The van der Waals surface area contributed by atoms with Gasteiger partial charge in [-0.3, -0.25) is 0 Å². The van der Waals surface area contributed by atoms with Crippen LogP contribution in [0, 0.1) is 0 Å². The second-order valence-corrected chi connectivity index (χ2v) is 5.44. The van der Waals surface area contributed by atoms with Crippen LogP contribution < -0.4 is 5.32 Å². The zero-order valence-corrected chi connectivity index (χ0v) is 13.7. The van der Waals surface area contributed by atoms with Gasteiger partial charge in [-0.1, -0.05) is 60.7 Å². The van der Waals surface area contributed by atoms with E-state index in [-0.39, 0.29) is 0 Å². The molecule has 0 aliphatic rings. The van der Waals surface area contributed by atoms with Gasteiger partial charge in [0.1, 0.15) is 12.1 Å². The second kappa shape index (κ2) is 7.11. The molecule has 0 aliphatic heterocycles. The lowest BCUT2D eigenvalue weighted by atomic mass is 9.96. The Labute approximate surface area is 141 Å². The molecule has 0 bridgehead atoms. The van der Waals surface area contributed by atoms with Crippen molar-refractivity contribution in [3.05, 3.63) is 89.9 Å². The molecular formula is C19H17N3S. The molecule has 4 heteroatoms. The molecule has 23 heavy (non-hydrogen) atoms. The zero-order chi connectivity index (χ0) is 16.1. The first-order valence-electron chi connectivity index (χ1n) is 7.33. The van der Waals surface area contributed by atoms with Crippen LogP contribution >= 0.6 is 12.6 Å². The lowest BCUT2D eigenvalue weighted by Gasteiger charge is -2.15. The van der Waals surface area contributed by atoms with Gasteiger partial charge in [0, 0.05) is 29.3 Å². The third-order valence-corrected chi connectivity index (χ3v) is 4.05. The van der Waals surface area contributed by atoms with E-state index in [9.17, 15) is 0 Å². The molecule has 0 amide bonds. The van der Waals surface area contributed by atoms with Crippen LogP contribution in [0.4, 0.5) is 5.82 Å². The summed E-state index contributed by atoms with van der Waals surface area (Å²) in [6, 6.07) is 20.3. The first kappa shape index (κ1) is 15.3. The molecule has 114 valence electrons. The lowest BCUT2D eigenvalue weighted by molar-refractivity contribution is 1.15. The highest BCUT2D eigenvalue weighted by atomic mass is 32.1. The molecule has 0 fully saturated rings. The predicted octanol–water partition coefficient (Wildman–Crippen LogP) is 4.36. The molecule has 0 aliphatic carbocycles. The van der Waals surface area contributed by atoms with E-state index in [1.165, 1.54) is 0 Å². The minimum absolute atomic E-state index is 0.779. The average Bonchev–Trinajstić information content (AvgIpc) is 2.64. The van der Waals surface area contributed by atoms with Crippen molar-refractivity contribution < 1.29 is 0 Å². The summed E-state index contributed by atoms with van der Waals surface area (Å²) in [6.07, 6.45) is 3.36. The number of anilines is 1. The van der Waals surface area contributed by atoms with E-state index >= 15 is 0 Å². The van der Waals surface area contributed by atoms with Crippen LogP contribution in [0.2, 0.25) is 0 Å². The molecular weight excluding hydrogens is 302 g/mol. The fraction of sp³-hybridized carbons (Fsp3) is 0.0526. The van der Waals surface area contributed by atoms with Crippen molar-refractivity contribution in [2.24, 2.45) is 0 Å². The number of nitrogens with one attached hydrogen (secondary N) is 1. The van der Waals surface area contributed by atoms with Crippen molar-refractivity contribution in [2.45, 2.75) is 0 Å². The smallest absolute Gasteiger partial charge is 0.137 e. The largest absolute Gasteiger partial charge is 0.373 e. The van der Waals surface area contributed by atoms with Crippen molar-refractivity contribution in [1.82, 2.24) is 9.97 Å². The van der Waals surface area contributed by atoms with Gasteiger partial charge in [0.25, 0.3) is 0 Å². The number of nitrogens with zero attached hydrogens (tertiary/aromatic N) is 2. The van der Waals surface area contributed by atoms with Crippen LogP contribution in [0.3, 0.4) is 0 Å². The molecule has 0 saturated heterocycles. The Kier molecular flexibility index (Phi) is 4.74. The maximum atomic E-state index is 4.82. The van der Waals surface area contributed by atoms with Gasteiger partial charge in [0.05, 0.1) is 0 Å². The molecule has 2 aromatic carbocycles. The normalized spacial score (nSPS) is 11.7.